The van der Waals surface area contributed by atoms with Gasteiger partial charge in [-0.2, -0.15) is 0 Å². The Kier molecular flexibility index (Phi) is 2.72. The number of benzene rings is 1. The molecule has 0 amide bonds. The Balaban J connectivity index is 2.04. The average molecular weight is 253 g/mol. The van der Waals surface area contributed by atoms with Crippen LogP contribution in [-0.2, 0) is 11.2 Å². The molecule has 5 heteroatoms. The zero-order valence-electron chi connectivity index (χ0n) is 9.87. The summed E-state index contributed by atoms with van der Waals surface area (Å²) in [5, 5.41) is 10.6. The standard InChI is InChI=1S/C14H10N2O3/c17-13(18)8-9-4-5-12-11(7-9)16-14(19-12)10-3-1-2-6-15-10/h1-7H,8H2,(H,17,18)/p-1. The van der Waals surface area contributed by atoms with Crippen LogP contribution in [0.4, 0.5) is 0 Å². The van der Waals surface area contributed by atoms with E-state index in [0.717, 1.165) is 0 Å². The molecule has 0 unspecified atom stereocenters. The van der Waals surface area contributed by atoms with Crippen LogP contribution in [0.15, 0.2) is 47.0 Å². The molecule has 0 aliphatic carbocycles. The first-order valence-electron chi connectivity index (χ1n) is 5.73. The number of hydrogen-bond donors (Lipinski definition) is 0. The van der Waals surface area contributed by atoms with Crippen molar-refractivity contribution in [1.29, 1.82) is 0 Å². The van der Waals surface area contributed by atoms with Crippen LogP contribution in [0.5, 0.6) is 0 Å². The van der Waals surface area contributed by atoms with Crippen molar-refractivity contribution in [2.75, 3.05) is 0 Å². The van der Waals surface area contributed by atoms with Gasteiger partial charge in [-0.1, -0.05) is 12.1 Å². The van der Waals surface area contributed by atoms with Crippen molar-refractivity contribution in [2.24, 2.45) is 0 Å². The molecule has 0 atom stereocenters. The van der Waals surface area contributed by atoms with Crippen molar-refractivity contribution in [3.05, 3.63) is 48.2 Å². The highest BCUT2D eigenvalue weighted by Gasteiger charge is 2.09. The van der Waals surface area contributed by atoms with Gasteiger partial charge < -0.3 is 14.3 Å². The molecular formula is C14H9N2O3-. The third kappa shape index (κ3) is 2.30. The lowest BCUT2D eigenvalue weighted by atomic mass is 10.1. The fourth-order valence-electron chi connectivity index (χ4n) is 1.85. The summed E-state index contributed by atoms with van der Waals surface area (Å²) >= 11 is 0. The van der Waals surface area contributed by atoms with Gasteiger partial charge in [0.2, 0.25) is 5.89 Å². The summed E-state index contributed by atoms with van der Waals surface area (Å²) in [6, 6.07) is 10.5. The Hall–Kier alpha value is -2.69. The van der Waals surface area contributed by atoms with Crippen molar-refractivity contribution in [2.45, 2.75) is 6.42 Å². The summed E-state index contributed by atoms with van der Waals surface area (Å²) in [6.45, 7) is 0. The molecular weight excluding hydrogens is 244 g/mol. The number of carboxylic acids is 1. The summed E-state index contributed by atoms with van der Waals surface area (Å²) in [6.07, 6.45) is 1.52. The van der Waals surface area contributed by atoms with E-state index >= 15 is 0 Å². The average Bonchev–Trinajstić information content (AvgIpc) is 2.82. The van der Waals surface area contributed by atoms with E-state index in [2.05, 4.69) is 9.97 Å². The molecule has 0 bridgehead atoms. The molecule has 0 fully saturated rings. The zero-order chi connectivity index (χ0) is 13.2. The number of nitrogens with zero attached hydrogens (tertiary/aromatic N) is 2. The second-order valence-electron chi connectivity index (χ2n) is 4.08. The molecule has 0 aliphatic rings. The number of carbonyl (C=O) groups excluding carboxylic acids is 1. The number of oxazole rings is 1. The van der Waals surface area contributed by atoms with E-state index in [-0.39, 0.29) is 6.42 Å². The summed E-state index contributed by atoms with van der Waals surface area (Å²) in [4.78, 5) is 19.0. The van der Waals surface area contributed by atoms with Crippen LogP contribution in [0.3, 0.4) is 0 Å². The Morgan fingerprint density at radius 3 is 2.89 bits per heavy atom. The quantitative estimate of drug-likeness (QED) is 0.700. The van der Waals surface area contributed by atoms with E-state index in [1.54, 1.807) is 30.5 Å². The van der Waals surface area contributed by atoms with Crippen molar-refractivity contribution >= 4 is 17.1 Å². The fraction of sp³-hybridized carbons (Fsp3) is 0.0714. The van der Waals surface area contributed by atoms with E-state index in [1.165, 1.54) is 0 Å². The molecule has 0 aliphatic heterocycles. The smallest absolute Gasteiger partial charge is 0.246 e. The molecule has 0 spiro atoms. The molecule has 5 nitrogen and oxygen atoms in total. The Bertz CT molecular complexity index is 735. The summed E-state index contributed by atoms with van der Waals surface area (Å²) in [7, 11) is 0. The first-order chi connectivity index (χ1) is 9.22. The predicted molar refractivity (Wildman–Crippen MR) is 66.0 cm³/mol. The Morgan fingerprint density at radius 2 is 2.16 bits per heavy atom. The van der Waals surface area contributed by atoms with Crippen molar-refractivity contribution < 1.29 is 14.3 Å². The predicted octanol–water partition coefficient (Wildman–Crippen LogP) is 1.18. The van der Waals surface area contributed by atoms with Crippen LogP contribution >= 0.6 is 0 Å². The zero-order valence-corrected chi connectivity index (χ0v) is 9.87. The van der Waals surface area contributed by atoms with Crippen LogP contribution in [0.2, 0.25) is 0 Å². The number of pyridine rings is 1. The van der Waals surface area contributed by atoms with Gasteiger partial charge in [-0.25, -0.2) is 4.98 Å². The second kappa shape index (κ2) is 4.53. The van der Waals surface area contributed by atoms with Gasteiger partial charge in [-0.05, 0) is 29.8 Å². The highest BCUT2D eigenvalue weighted by molar-refractivity contribution is 5.78. The SMILES string of the molecule is O=C([O-])Cc1ccc2oc(-c3ccccn3)nc2c1. The Labute approximate surface area is 108 Å². The van der Waals surface area contributed by atoms with Gasteiger partial charge >= 0.3 is 0 Å². The van der Waals surface area contributed by atoms with Crippen molar-refractivity contribution in [3.63, 3.8) is 0 Å². The number of hydrogen-bond acceptors (Lipinski definition) is 5. The summed E-state index contributed by atoms with van der Waals surface area (Å²) in [5.41, 5.74) is 2.48. The first kappa shape index (κ1) is 11.4. The number of rotatable bonds is 3. The molecule has 0 saturated carbocycles. The van der Waals surface area contributed by atoms with Crippen LogP contribution in [0.1, 0.15) is 5.56 Å². The molecule has 2 heterocycles. The van der Waals surface area contributed by atoms with Gasteiger partial charge in [0.15, 0.2) is 5.58 Å². The van der Waals surface area contributed by atoms with E-state index < -0.39 is 5.97 Å². The summed E-state index contributed by atoms with van der Waals surface area (Å²) < 4.78 is 5.58. The molecule has 0 saturated heterocycles. The lowest BCUT2D eigenvalue weighted by Gasteiger charge is -2.00. The summed E-state index contributed by atoms with van der Waals surface area (Å²) in [5.74, 6) is -0.700. The minimum absolute atomic E-state index is 0.137. The van der Waals surface area contributed by atoms with E-state index in [0.29, 0.717) is 28.2 Å². The monoisotopic (exact) mass is 253 g/mol. The maximum absolute atomic E-state index is 10.6. The first-order valence-corrected chi connectivity index (χ1v) is 5.73. The molecule has 1 aromatic carbocycles. The van der Waals surface area contributed by atoms with Gasteiger partial charge in [-0.15, -0.1) is 0 Å². The number of aromatic nitrogens is 2. The third-order valence-electron chi connectivity index (χ3n) is 2.68. The van der Waals surface area contributed by atoms with Crippen LogP contribution in [0, 0.1) is 0 Å². The number of carboxylic acid groups (broad SMARTS) is 1. The topological polar surface area (TPSA) is 79.0 Å². The second-order valence-corrected chi connectivity index (χ2v) is 4.08. The largest absolute Gasteiger partial charge is 0.550 e. The molecule has 3 rings (SSSR count). The van der Waals surface area contributed by atoms with Gasteiger partial charge in [0, 0.05) is 18.6 Å². The number of aliphatic carboxylic acids is 1. The maximum Gasteiger partial charge on any atom is 0.246 e. The third-order valence-corrected chi connectivity index (χ3v) is 2.68. The van der Waals surface area contributed by atoms with Gasteiger partial charge in [-0.3, -0.25) is 4.98 Å². The van der Waals surface area contributed by atoms with Crippen LogP contribution in [0.25, 0.3) is 22.7 Å². The van der Waals surface area contributed by atoms with Crippen LogP contribution < -0.4 is 5.11 Å². The van der Waals surface area contributed by atoms with E-state index in [9.17, 15) is 9.90 Å². The van der Waals surface area contributed by atoms with Gasteiger partial charge in [0.1, 0.15) is 11.2 Å². The van der Waals surface area contributed by atoms with Crippen LogP contribution in [-0.4, -0.2) is 15.9 Å². The highest BCUT2D eigenvalue weighted by atomic mass is 16.4. The maximum atomic E-state index is 10.6. The highest BCUT2D eigenvalue weighted by Crippen LogP contribution is 2.23. The lowest BCUT2D eigenvalue weighted by molar-refractivity contribution is -0.304. The van der Waals surface area contributed by atoms with Gasteiger partial charge in [0.25, 0.3) is 0 Å². The van der Waals surface area contributed by atoms with Crippen molar-refractivity contribution in [3.8, 4) is 11.6 Å². The minimum Gasteiger partial charge on any atom is -0.550 e. The van der Waals surface area contributed by atoms with E-state index in [1.807, 2.05) is 12.1 Å². The molecule has 19 heavy (non-hydrogen) atoms. The molecule has 2 aromatic heterocycles. The van der Waals surface area contributed by atoms with Crippen molar-refractivity contribution in [1.82, 2.24) is 9.97 Å². The molecule has 94 valence electrons. The van der Waals surface area contributed by atoms with E-state index in [4.69, 9.17) is 4.42 Å². The molecule has 0 radical (unpaired) electrons. The lowest BCUT2D eigenvalue weighted by Crippen LogP contribution is -2.24. The molecule has 0 N–H and O–H groups in total. The number of fused-ring (bicyclic) bond motifs is 1. The Morgan fingerprint density at radius 1 is 1.26 bits per heavy atom. The number of carbonyl (C=O) groups is 1. The normalized spacial score (nSPS) is 10.7. The van der Waals surface area contributed by atoms with Gasteiger partial charge in [0.05, 0.1) is 0 Å². The minimum atomic E-state index is -1.12. The fourth-order valence-corrected chi connectivity index (χ4v) is 1.85. The molecule has 3 aromatic rings.